The van der Waals surface area contributed by atoms with Crippen molar-refractivity contribution in [2.75, 3.05) is 0 Å². The fourth-order valence-corrected chi connectivity index (χ4v) is 2.02. The van der Waals surface area contributed by atoms with Gasteiger partial charge in [0, 0.05) is 19.2 Å². The summed E-state index contributed by atoms with van der Waals surface area (Å²) in [5.74, 6) is -0.193. The molecule has 0 bridgehead atoms. The molecule has 17 heavy (non-hydrogen) atoms. The molecule has 1 heterocycles. The van der Waals surface area contributed by atoms with E-state index in [1.165, 1.54) is 6.07 Å². The molecular weight excluding hydrogens is 217 g/mol. The molecule has 2 N–H and O–H groups in total. The molecule has 0 aliphatic rings. The molecule has 0 aliphatic heterocycles. The zero-order valence-corrected chi connectivity index (χ0v) is 10.3. The Hall–Kier alpha value is -1.68. The van der Waals surface area contributed by atoms with Crippen LogP contribution in [-0.4, -0.2) is 9.78 Å². The van der Waals surface area contributed by atoms with Crippen LogP contribution in [0.4, 0.5) is 4.39 Å². The predicted octanol–water partition coefficient (Wildman–Crippen LogP) is 2.30. The first-order chi connectivity index (χ1) is 8.04. The van der Waals surface area contributed by atoms with Gasteiger partial charge in [0.05, 0.1) is 11.4 Å². The maximum absolute atomic E-state index is 13.2. The Kier molecular flexibility index (Phi) is 2.98. The van der Waals surface area contributed by atoms with Gasteiger partial charge in [-0.3, -0.25) is 4.68 Å². The van der Waals surface area contributed by atoms with Gasteiger partial charge in [-0.25, -0.2) is 4.39 Å². The molecule has 0 atom stereocenters. The Bertz CT molecular complexity index is 558. The van der Waals surface area contributed by atoms with Gasteiger partial charge in [0.1, 0.15) is 5.82 Å². The summed E-state index contributed by atoms with van der Waals surface area (Å²) in [4.78, 5) is 0. The summed E-state index contributed by atoms with van der Waals surface area (Å²) in [5.41, 5.74) is 10.2. The van der Waals surface area contributed by atoms with Crippen LogP contribution in [0.3, 0.4) is 0 Å². The third kappa shape index (κ3) is 1.96. The van der Waals surface area contributed by atoms with Gasteiger partial charge in [0.25, 0.3) is 0 Å². The molecule has 1 aromatic heterocycles. The van der Waals surface area contributed by atoms with E-state index >= 15 is 0 Å². The van der Waals surface area contributed by atoms with Crippen molar-refractivity contribution < 1.29 is 4.39 Å². The maximum atomic E-state index is 13.2. The van der Waals surface area contributed by atoms with Gasteiger partial charge < -0.3 is 5.73 Å². The van der Waals surface area contributed by atoms with Gasteiger partial charge >= 0.3 is 0 Å². The minimum atomic E-state index is -0.193. The highest BCUT2D eigenvalue weighted by Crippen LogP contribution is 2.25. The quantitative estimate of drug-likeness (QED) is 0.865. The second-order valence-corrected chi connectivity index (χ2v) is 4.21. The molecule has 1 aromatic carbocycles. The molecule has 0 aliphatic carbocycles. The lowest BCUT2D eigenvalue weighted by Crippen LogP contribution is -2.05. The molecule has 0 saturated heterocycles. The largest absolute Gasteiger partial charge is 0.325 e. The van der Waals surface area contributed by atoms with Crippen LogP contribution in [0.1, 0.15) is 16.8 Å². The molecule has 4 heteroatoms. The van der Waals surface area contributed by atoms with Gasteiger partial charge in [0.15, 0.2) is 0 Å². The molecule has 2 rings (SSSR count). The Morgan fingerprint density at radius 1 is 1.35 bits per heavy atom. The zero-order chi connectivity index (χ0) is 12.6. The monoisotopic (exact) mass is 233 g/mol. The van der Waals surface area contributed by atoms with E-state index in [0.29, 0.717) is 12.1 Å². The fourth-order valence-electron chi connectivity index (χ4n) is 2.02. The Balaban J connectivity index is 2.57. The lowest BCUT2D eigenvalue weighted by molar-refractivity contribution is 0.618. The molecule has 0 fully saturated rings. The van der Waals surface area contributed by atoms with Crippen LogP contribution in [0, 0.1) is 19.7 Å². The smallest absolute Gasteiger partial charge is 0.126 e. The number of hydrogen-bond donors (Lipinski definition) is 1. The summed E-state index contributed by atoms with van der Waals surface area (Å²) in [7, 11) is 1.87. The van der Waals surface area contributed by atoms with Crippen LogP contribution in [0.25, 0.3) is 11.3 Å². The number of nitrogens with two attached hydrogens (primary N) is 1. The zero-order valence-electron chi connectivity index (χ0n) is 10.3. The van der Waals surface area contributed by atoms with Gasteiger partial charge in [-0.05, 0) is 43.2 Å². The molecule has 3 nitrogen and oxygen atoms in total. The minimum Gasteiger partial charge on any atom is -0.325 e. The summed E-state index contributed by atoms with van der Waals surface area (Å²) >= 11 is 0. The third-order valence-corrected chi connectivity index (χ3v) is 3.05. The standard InChI is InChI=1S/C13H16FN3/c1-8-6-10(4-5-11(8)14)13-9(2)12(7-15)17(3)16-13/h4-6H,7,15H2,1-3H3. The van der Waals surface area contributed by atoms with Crippen molar-refractivity contribution in [3.05, 3.63) is 40.8 Å². The first-order valence-electron chi connectivity index (χ1n) is 5.53. The number of halogens is 1. The number of nitrogens with zero attached hydrogens (tertiary/aromatic N) is 2. The normalized spacial score (nSPS) is 10.9. The summed E-state index contributed by atoms with van der Waals surface area (Å²) in [5, 5.41) is 4.44. The maximum Gasteiger partial charge on any atom is 0.126 e. The van der Waals surface area contributed by atoms with Crippen LogP contribution >= 0.6 is 0 Å². The first kappa shape index (κ1) is 11.8. The molecule has 0 unspecified atom stereocenters. The topological polar surface area (TPSA) is 43.8 Å². The average Bonchev–Trinajstić information content (AvgIpc) is 2.58. The van der Waals surface area contributed by atoms with Crippen LogP contribution in [-0.2, 0) is 13.6 Å². The highest BCUT2D eigenvalue weighted by molar-refractivity contribution is 5.64. The number of aryl methyl sites for hydroxylation is 2. The summed E-state index contributed by atoms with van der Waals surface area (Å²) in [6, 6.07) is 5.03. The number of hydrogen-bond acceptors (Lipinski definition) is 2. The lowest BCUT2D eigenvalue weighted by Gasteiger charge is -2.02. The van der Waals surface area contributed by atoms with Gasteiger partial charge in [0.2, 0.25) is 0 Å². The van der Waals surface area contributed by atoms with E-state index in [9.17, 15) is 4.39 Å². The van der Waals surface area contributed by atoms with Gasteiger partial charge in [-0.1, -0.05) is 0 Å². The van der Waals surface area contributed by atoms with Crippen LogP contribution in [0.5, 0.6) is 0 Å². The number of aromatic nitrogens is 2. The van der Waals surface area contributed by atoms with Crippen LogP contribution in [0.2, 0.25) is 0 Å². The second-order valence-electron chi connectivity index (χ2n) is 4.21. The molecule has 0 radical (unpaired) electrons. The fraction of sp³-hybridized carbons (Fsp3) is 0.308. The number of benzene rings is 1. The van der Waals surface area contributed by atoms with Gasteiger partial charge in [-0.2, -0.15) is 5.10 Å². The van der Waals surface area contributed by atoms with Crippen molar-refractivity contribution in [2.24, 2.45) is 12.8 Å². The summed E-state index contributed by atoms with van der Waals surface area (Å²) < 4.78 is 15.0. The Labute approximate surface area is 100 Å². The van der Waals surface area contributed by atoms with Crippen molar-refractivity contribution in [1.29, 1.82) is 0 Å². The predicted molar refractivity (Wildman–Crippen MR) is 66.0 cm³/mol. The van der Waals surface area contributed by atoms with E-state index < -0.39 is 0 Å². The van der Waals surface area contributed by atoms with E-state index in [0.717, 1.165) is 22.5 Å². The van der Waals surface area contributed by atoms with Crippen LogP contribution in [0.15, 0.2) is 18.2 Å². The van der Waals surface area contributed by atoms with E-state index in [1.807, 2.05) is 20.0 Å². The Morgan fingerprint density at radius 2 is 2.06 bits per heavy atom. The molecule has 0 spiro atoms. The average molecular weight is 233 g/mol. The van der Waals surface area contributed by atoms with E-state index in [4.69, 9.17) is 5.73 Å². The first-order valence-corrected chi connectivity index (χ1v) is 5.53. The molecule has 90 valence electrons. The second kappa shape index (κ2) is 4.30. The molecule has 0 saturated carbocycles. The lowest BCUT2D eigenvalue weighted by atomic mass is 10.0. The highest BCUT2D eigenvalue weighted by Gasteiger charge is 2.13. The SMILES string of the molecule is Cc1cc(-c2nn(C)c(CN)c2C)ccc1F. The number of rotatable bonds is 2. The minimum absolute atomic E-state index is 0.193. The van der Waals surface area contributed by atoms with Gasteiger partial charge in [-0.15, -0.1) is 0 Å². The summed E-state index contributed by atoms with van der Waals surface area (Å²) in [6.07, 6.45) is 0. The van der Waals surface area contributed by atoms with Crippen LogP contribution < -0.4 is 5.73 Å². The van der Waals surface area contributed by atoms with E-state index in [-0.39, 0.29) is 5.82 Å². The highest BCUT2D eigenvalue weighted by atomic mass is 19.1. The molecule has 2 aromatic rings. The van der Waals surface area contributed by atoms with E-state index in [1.54, 1.807) is 17.7 Å². The van der Waals surface area contributed by atoms with Crippen molar-refractivity contribution in [2.45, 2.75) is 20.4 Å². The Morgan fingerprint density at radius 3 is 2.59 bits per heavy atom. The van der Waals surface area contributed by atoms with Crippen molar-refractivity contribution >= 4 is 0 Å². The van der Waals surface area contributed by atoms with Crippen molar-refractivity contribution in [1.82, 2.24) is 9.78 Å². The van der Waals surface area contributed by atoms with Crippen molar-refractivity contribution in [3.8, 4) is 11.3 Å². The third-order valence-electron chi connectivity index (χ3n) is 3.05. The molecule has 0 amide bonds. The summed E-state index contributed by atoms with van der Waals surface area (Å²) in [6.45, 7) is 4.19. The van der Waals surface area contributed by atoms with Crippen molar-refractivity contribution in [3.63, 3.8) is 0 Å². The van der Waals surface area contributed by atoms with E-state index in [2.05, 4.69) is 5.10 Å². The molecular formula is C13H16FN3.